The van der Waals surface area contributed by atoms with Crippen LogP contribution in [-0.2, 0) is 10.8 Å². The first kappa shape index (κ1) is 36.1. The molecule has 3 heterocycles. The maximum absolute atomic E-state index is 6.90. The number of benzene rings is 9. The quantitative estimate of drug-likeness (QED) is 0.166. The summed E-state index contributed by atoms with van der Waals surface area (Å²) in [4.78, 5) is 16.3. The molecule has 0 spiro atoms. The van der Waals surface area contributed by atoms with Crippen LogP contribution >= 0.6 is 11.3 Å². The first-order valence-electron chi connectivity index (χ1n) is 22.1. The molecule has 0 N–H and O–H groups in total. The van der Waals surface area contributed by atoms with Crippen molar-refractivity contribution in [3.05, 3.63) is 186 Å². The second-order valence-electron chi connectivity index (χ2n) is 18.7. The van der Waals surface area contributed by atoms with E-state index in [1.54, 1.807) is 0 Å². The topological polar surface area (TPSA) is 51.8 Å². The van der Waals surface area contributed by atoms with E-state index in [0.29, 0.717) is 17.5 Å². The van der Waals surface area contributed by atoms with E-state index in [1.807, 2.05) is 17.4 Å². The molecule has 14 rings (SSSR count). The van der Waals surface area contributed by atoms with Gasteiger partial charge in [0.05, 0.1) is 0 Å². The molecule has 2 aliphatic carbocycles. The number of para-hydroxylation sites is 1. The summed E-state index contributed by atoms with van der Waals surface area (Å²) in [7, 11) is 0. The summed E-state index contributed by atoms with van der Waals surface area (Å²) in [6.45, 7) is 9.32. The molecule has 12 aromatic rings. The molecule has 5 heteroatoms. The van der Waals surface area contributed by atoms with Crippen LogP contribution in [0.25, 0.3) is 120 Å². The van der Waals surface area contributed by atoms with Gasteiger partial charge in [0, 0.05) is 64.0 Å². The lowest BCUT2D eigenvalue weighted by Crippen LogP contribution is -2.15. The third-order valence-corrected chi connectivity index (χ3v) is 15.7. The third kappa shape index (κ3) is 4.85. The Labute approximate surface area is 373 Å². The summed E-state index contributed by atoms with van der Waals surface area (Å²) in [6.07, 6.45) is 0. The lowest BCUT2D eigenvalue weighted by Gasteiger charge is -2.22. The normalized spacial score (nSPS) is 14.5. The van der Waals surface area contributed by atoms with Crippen LogP contribution in [0.2, 0.25) is 0 Å². The van der Waals surface area contributed by atoms with Crippen molar-refractivity contribution in [3.63, 3.8) is 0 Å². The van der Waals surface area contributed by atoms with E-state index in [4.69, 9.17) is 19.4 Å². The van der Waals surface area contributed by atoms with Crippen molar-refractivity contribution in [2.24, 2.45) is 0 Å². The predicted octanol–water partition coefficient (Wildman–Crippen LogP) is 16.1. The maximum Gasteiger partial charge on any atom is 0.164 e. The molecular weight excluding hydrogens is 799 g/mol. The number of furan rings is 1. The van der Waals surface area contributed by atoms with Gasteiger partial charge in [-0.25, -0.2) is 15.0 Å². The van der Waals surface area contributed by atoms with E-state index in [1.165, 1.54) is 80.7 Å². The molecule has 4 nitrogen and oxygen atoms in total. The summed E-state index contributed by atoms with van der Waals surface area (Å²) in [5, 5.41) is 9.32. The minimum Gasteiger partial charge on any atom is -0.455 e. The van der Waals surface area contributed by atoms with E-state index < -0.39 is 0 Å². The summed E-state index contributed by atoms with van der Waals surface area (Å²) in [6, 6.07) is 59.6. The summed E-state index contributed by atoms with van der Waals surface area (Å²) in [5.41, 5.74) is 14.4. The van der Waals surface area contributed by atoms with Gasteiger partial charge in [-0.05, 0) is 115 Å². The van der Waals surface area contributed by atoms with Gasteiger partial charge in [-0.3, -0.25) is 0 Å². The fourth-order valence-electron chi connectivity index (χ4n) is 11.2. The first-order valence-corrected chi connectivity index (χ1v) is 22.9. The molecule has 3 aromatic heterocycles. The van der Waals surface area contributed by atoms with Crippen LogP contribution in [0.5, 0.6) is 0 Å². The lowest BCUT2D eigenvalue weighted by atomic mass is 9.81. The second kappa shape index (κ2) is 12.6. The molecule has 302 valence electrons. The van der Waals surface area contributed by atoms with Crippen LogP contribution < -0.4 is 0 Å². The predicted molar refractivity (Wildman–Crippen MR) is 266 cm³/mol. The van der Waals surface area contributed by atoms with Gasteiger partial charge < -0.3 is 4.42 Å². The molecule has 0 aliphatic heterocycles. The Morgan fingerprint density at radius 1 is 0.406 bits per heavy atom. The van der Waals surface area contributed by atoms with Crippen molar-refractivity contribution in [2.75, 3.05) is 0 Å². The summed E-state index contributed by atoms with van der Waals surface area (Å²) >= 11 is 1.82. The smallest absolute Gasteiger partial charge is 0.164 e. The van der Waals surface area contributed by atoms with E-state index in [2.05, 4.69) is 185 Å². The molecule has 0 unspecified atom stereocenters. The van der Waals surface area contributed by atoms with Crippen LogP contribution in [0, 0.1) is 0 Å². The number of rotatable bonds is 3. The number of fused-ring (bicyclic) bond motifs is 16. The van der Waals surface area contributed by atoms with Crippen molar-refractivity contribution >= 4 is 75.0 Å². The van der Waals surface area contributed by atoms with E-state index in [-0.39, 0.29) is 10.8 Å². The van der Waals surface area contributed by atoms with Gasteiger partial charge in [-0.1, -0.05) is 137 Å². The van der Waals surface area contributed by atoms with Gasteiger partial charge in [0.2, 0.25) is 0 Å². The summed E-state index contributed by atoms with van der Waals surface area (Å²) < 4.78 is 9.41. The Hall–Kier alpha value is -7.47. The Kier molecular flexibility index (Phi) is 7.09. The highest BCUT2D eigenvalue weighted by atomic mass is 32.1. The van der Waals surface area contributed by atoms with Crippen LogP contribution in [-0.4, -0.2) is 15.0 Å². The largest absolute Gasteiger partial charge is 0.455 e. The number of aromatic nitrogens is 3. The van der Waals surface area contributed by atoms with Gasteiger partial charge in [-0.2, -0.15) is 0 Å². The molecule has 0 fully saturated rings. The van der Waals surface area contributed by atoms with Crippen molar-refractivity contribution in [2.45, 2.75) is 38.5 Å². The Morgan fingerprint density at radius 2 is 1.00 bits per heavy atom. The van der Waals surface area contributed by atoms with Gasteiger partial charge in [0.1, 0.15) is 11.2 Å². The molecule has 64 heavy (non-hydrogen) atoms. The fourth-order valence-corrected chi connectivity index (χ4v) is 12.3. The van der Waals surface area contributed by atoms with Gasteiger partial charge in [0.15, 0.2) is 17.5 Å². The molecule has 2 aliphatic rings. The molecule has 0 atom stereocenters. The molecule has 0 amide bonds. The van der Waals surface area contributed by atoms with Crippen LogP contribution in [0.15, 0.2) is 168 Å². The van der Waals surface area contributed by atoms with Crippen molar-refractivity contribution in [3.8, 4) is 56.4 Å². The standard InChI is InChI=1S/C59H39N3OS/c1-58(2)45-17-9-5-13-36(45)42-30-41-33(29-47(42)58)23-21-32-22-24-34(27-40(32)41)55-60-56(35-25-26-51-43(28-35)37-14-8-12-20-50(37)64-51)62-57(61-55)44-31-48-53(38-15-6-10-18-46(38)59(48,3)4)54-52(44)39-16-7-11-19-49(39)63-54/h5-31H,1-4H3. The van der Waals surface area contributed by atoms with E-state index >= 15 is 0 Å². The molecule has 0 saturated heterocycles. The third-order valence-electron chi connectivity index (χ3n) is 14.5. The Balaban J connectivity index is 1.04. The fraction of sp³-hybridized carbons (Fsp3) is 0.102. The van der Waals surface area contributed by atoms with Gasteiger partial charge in [-0.15, -0.1) is 11.3 Å². The monoisotopic (exact) mass is 837 g/mol. The van der Waals surface area contributed by atoms with Crippen LogP contribution in [0.4, 0.5) is 0 Å². The van der Waals surface area contributed by atoms with Crippen molar-refractivity contribution in [1.82, 2.24) is 15.0 Å². The molecule has 9 aromatic carbocycles. The van der Waals surface area contributed by atoms with Crippen LogP contribution in [0.1, 0.15) is 49.9 Å². The van der Waals surface area contributed by atoms with E-state index in [0.717, 1.165) is 44.2 Å². The average Bonchev–Trinajstić information content (AvgIpc) is 4.03. The minimum absolute atomic E-state index is 0.0752. The first-order chi connectivity index (χ1) is 31.2. The Morgan fingerprint density at radius 3 is 1.83 bits per heavy atom. The molecule has 0 bridgehead atoms. The number of hydrogen-bond acceptors (Lipinski definition) is 5. The highest BCUT2D eigenvalue weighted by Crippen LogP contribution is 2.55. The van der Waals surface area contributed by atoms with Crippen molar-refractivity contribution < 1.29 is 4.42 Å². The second-order valence-corrected chi connectivity index (χ2v) is 19.8. The average molecular weight is 838 g/mol. The van der Waals surface area contributed by atoms with Crippen molar-refractivity contribution in [1.29, 1.82) is 0 Å². The highest BCUT2D eigenvalue weighted by molar-refractivity contribution is 7.25. The zero-order valence-corrected chi connectivity index (χ0v) is 36.6. The number of nitrogens with zero attached hydrogens (tertiary/aromatic N) is 3. The Bertz CT molecular complexity index is 4040. The molecular formula is C59H39N3OS. The zero-order valence-electron chi connectivity index (χ0n) is 35.7. The van der Waals surface area contributed by atoms with Gasteiger partial charge >= 0.3 is 0 Å². The number of hydrogen-bond donors (Lipinski definition) is 0. The van der Waals surface area contributed by atoms with Crippen LogP contribution in [0.3, 0.4) is 0 Å². The molecule has 0 saturated carbocycles. The summed E-state index contributed by atoms with van der Waals surface area (Å²) in [5.74, 6) is 1.89. The number of thiophene rings is 1. The molecule has 0 radical (unpaired) electrons. The maximum atomic E-state index is 6.90. The van der Waals surface area contributed by atoms with E-state index in [9.17, 15) is 0 Å². The highest BCUT2D eigenvalue weighted by Gasteiger charge is 2.39. The lowest BCUT2D eigenvalue weighted by molar-refractivity contribution is 0.653. The van der Waals surface area contributed by atoms with Gasteiger partial charge in [0.25, 0.3) is 0 Å². The minimum atomic E-state index is -0.271. The zero-order chi connectivity index (χ0) is 42.6. The SMILES string of the molecule is CC1(C)c2ccccc2-c2cc3c(ccc4ccc(-c5nc(-c6ccc7sc8ccccc8c7c6)nc(-c6cc7c(c8oc9ccccc9c68)-c6ccccc6C7(C)C)n5)cc43)cc21.